The summed E-state index contributed by atoms with van der Waals surface area (Å²) in [5.41, 5.74) is 7.38. The molecule has 0 radical (unpaired) electrons. The summed E-state index contributed by atoms with van der Waals surface area (Å²) in [5, 5.41) is 6.96. The molecule has 1 aliphatic rings. The van der Waals surface area contributed by atoms with Crippen molar-refractivity contribution in [3.05, 3.63) is 34.9 Å². The van der Waals surface area contributed by atoms with Crippen LogP contribution in [0.4, 0.5) is 5.69 Å². The van der Waals surface area contributed by atoms with Gasteiger partial charge < -0.3 is 15.8 Å². The zero-order chi connectivity index (χ0) is 15.1. The quantitative estimate of drug-likeness (QED) is 0.788. The van der Waals surface area contributed by atoms with Gasteiger partial charge in [0, 0.05) is 11.3 Å². The molecule has 1 unspecified atom stereocenters. The van der Waals surface area contributed by atoms with Crippen LogP contribution >= 0.6 is 11.6 Å². The highest BCUT2D eigenvalue weighted by Crippen LogP contribution is 2.35. The number of halogens is 1. The number of ether oxygens (including phenoxy) is 1. The topological polar surface area (TPSA) is 112 Å². The van der Waals surface area contributed by atoms with Crippen LogP contribution in [0.2, 0.25) is 5.02 Å². The van der Waals surface area contributed by atoms with Crippen molar-refractivity contribution in [1.29, 1.82) is 0 Å². The third-order valence-electron chi connectivity index (χ3n) is 3.10. The summed E-state index contributed by atoms with van der Waals surface area (Å²) in [4.78, 5) is 26.7. The van der Waals surface area contributed by atoms with Crippen molar-refractivity contribution in [2.24, 2.45) is 5.73 Å². The normalized spacial score (nSPS) is 16.5. The predicted molar refractivity (Wildman–Crippen MR) is 73.3 cm³/mol. The van der Waals surface area contributed by atoms with E-state index in [9.17, 15) is 9.59 Å². The number of hydrogen-bond donors (Lipinski definition) is 2. The number of esters is 1. The summed E-state index contributed by atoms with van der Waals surface area (Å²) in [6, 6.07) is 2.47. The fraction of sp³-hybridized carbons (Fsp3) is 0.167. The Morgan fingerprint density at radius 3 is 3.00 bits per heavy atom. The van der Waals surface area contributed by atoms with Gasteiger partial charge in [-0.2, -0.15) is 0 Å². The molecule has 9 heteroatoms. The number of nitrogens with zero attached hydrogens (tertiary/aromatic N) is 3. The number of benzene rings is 1. The van der Waals surface area contributed by atoms with Crippen LogP contribution in [0.1, 0.15) is 22.2 Å². The largest absolute Gasteiger partial charge is 0.463 e. The molecule has 0 saturated heterocycles. The fourth-order valence-corrected chi connectivity index (χ4v) is 2.29. The Morgan fingerprint density at radius 2 is 2.29 bits per heavy atom. The SMILES string of the molecule is COC(=O)c1ncn(-c2cc3c(cc2Cl)C(N)C(=O)N3)n1. The minimum atomic E-state index is -0.743. The average molecular weight is 308 g/mol. The summed E-state index contributed by atoms with van der Waals surface area (Å²) < 4.78 is 5.86. The second-order valence-electron chi connectivity index (χ2n) is 4.36. The summed E-state index contributed by atoms with van der Waals surface area (Å²) in [5.74, 6) is -1.04. The standard InChI is InChI=1S/C12H10ClN5O3/c1-21-12(20)10-15-4-18(17-10)8-3-7-5(2-6(8)13)9(14)11(19)16-7/h2-4,9H,14H2,1H3,(H,16,19). The number of rotatable bonds is 2. The van der Waals surface area contributed by atoms with Crippen LogP contribution in [0.25, 0.3) is 5.69 Å². The van der Waals surface area contributed by atoms with Crippen molar-refractivity contribution in [2.75, 3.05) is 12.4 Å². The number of anilines is 1. The third kappa shape index (κ3) is 2.14. The van der Waals surface area contributed by atoms with Gasteiger partial charge in [-0.25, -0.2) is 14.5 Å². The Bertz CT molecular complexity index is 757. The lowest BCUT2D eigenvalue weighted by atomic mass is 10.1. The van der Waals surface area contributed by atoms with Crippen LogP contribution in [0, 0.1) is 0 Å². The Hall–Kier alpha value is -2.45. The number of carbonyl (C=O) groups excluding carboxylic acids is 2. The molecule has 0 bridgehead atoms. The highest BCUT2D eigenvalue weighted by Gasteiger charge is 2.28. The Morgan fingerprint density at radius 1 is 1.52 bits per heavy atom. The number of aromatic nitrogens is 3. The molecule has 21 heavy (non-hydrogen) atoms. The van der Waals surface area contributed by atoms with Crippen molar-refractivity contribution in [3.63, 3.8) is 0 Å². The monoisotopic (exact) mass is 307 g/mol. The molecule has 1 amide bonds. The molecule has 0 aliphatic carbocycles. The van der Waals surface area contributed by atoms with Crippen LogP contribution in [-0.2, 0) is 9.53 Å². The first-order valence-electron chi connectivity index (χ1n) is 5.91. The second kappa shape index (κ2) is 4.83. The first-order valence-corrected chi connectivity index (χ1v) is 6.29. The lowest BCUT2D eigenvalue weighted by Crippen LogP contribution is -2.19. The number of carbonyl (C=O) groups is 2. The van der Waals surface area contributed by atoms with Crippen LogP contribution in [0.15, 0.2) is 18.5 Å². The van der Waals surface area contributed by atoms with Crippen LogP contribution in [-0.4, -0.2) is 33.8 Å². The Kier molecular flexibility index (Phi) is 3.11. The number of fused-ring (bicyclic) bond motifs is 1. The van der Waals surface area contributed by atoms with Crippen molar-refractivity contribution < 1.29 is 14.3 Å². The van der Waals surface area contributed by atoms with E-state index < -0.39 is 12.0 Å². The van der Waals surface area contributed by atoms with E-state index in [-0.39, 0.29) is 11.7 Å². The lowest BCUT2D eigenvalue weighted by Gasteiger charge is -2.07. The van der Waals surface area contributed by atoms with Gasteiger partial charge in [-0.3, -0.25) is 4.79 Å². The van der Waals surface area contributed by atoms with E-state index in [2.05, 4.69) is 20.1 Å². The number of methoxy groups -OCH3 is 1. The van der Waals surface area contributed by atoms with E-state index >= 15 is 0 Å². The molecule has 2 heterocycles. The van der Waals surface area contributed by atoms with Crippen molar-refractivity contribution in [1.82, 2.24) is 14.8 Å². The van der Waals surface area contributed by atoms with Crippen LogP contribution in [0.3, 0.4) is 0 Å². The molecule has 1 aromatic carbocycles. The summed E-state index contributed by atoms with van der Waals surface area (Å²) in [6.45, 7) is 0. The maximum Gasteiger partial charge on any atom is 0.377 e. The molecule has 3 N–H and O–H groups in total. The van der Waals surface area contributed by atoms with Crippen molar-refractivity contribution in [2.45, 2.75) is 6.04 Å². The second-order valence-corrected chi connectivity index (χ2v) is 4.77. The number of amides is 1. The van der Waals surface area contributed by atoms with Crippen LogP contribution in [0.5, 0.6) is 0 Å². The number of hydrogen-bond acceptors (Lipinski definition) is 6. The molecule has 1 aromatic heterocycles. The van der Waals surface area contributed by atoms with Gasteiger partial charge in [0.1, 0.15) is 12.4 Å². The molecular weight excluding hydrogens is 298 g/mol. The average Bonchev–Trinajstić information content (AvgIpc) is 3.05. The van der Waals surface area contributed by atoms with E-state index in [4.69, 9.17) is 17.3 Å². The maximum atomic E-state index is 11.5. The molecule has 8 nitrogen and oxygen atoms in total. The smallest absolute Gasteiger partial charge is 0.377 e. The highest BCUT2D eigenvalue weighted by atomic mass is 35.5. The van der Waals surface area contributed by atoms with Gasteiger partial charge in [0.25, 0.3) is 5.82 Å². The molecule has 3 rings (SSSR count). The van der Waals surface area contributed by atoms with Gasteiger partial charge in [0.2, 0.25) is 5.91 Å². The van der Waals surface area contributed by atoms with Gasteiger partial charge in [0.05, 0.1) is 17.8 Å². The predicted octanol–water partition coefficient (Wildman–Crippen LogP) is 0.659. The molecule has 2 aromatic rings. The van der Waals surface area contributed by atoms with Gasteiger partial charge in [-0.15, -0.1) is 5.10 Å². The van der Waals surface area contributed by atoms with Crippen molar-refractivity contribution in [3.8, 4) is 5.69 Å². The van der Waals surface area contributed by atoms with Gasteiger partial charge in [-0.1, -0.05) is 11.6 Å². The first kappa shape index (κ1) is 13.5. The number of nitrogens with one attached hydrogen (secondary N) is 1. The van der Waals surface area contributed by atoms with Gasteiger partial charge in [0.15, 0.2) is 0 Å². The zero-order valence-electron chi connectivity index (χ0n) is 10.8. The minimum absolute atomic E-state index is 0.0881. The molecule has 0 spiro atoms. The van der Waals surface area contributed by atoms with E-state index in [1.165, 1.54) is 18.1 Å². The fourth-order valence-electron chi connectivity index (χ4n) is 2.03. The molecular formula is C12H10ClN5O3. The first-order chi connectivity index (χ1) is 10.0. The third-order valence-corrected chi connectivity index (χ3v) is 3.40. The summed E-state index contributed by atoms with van der Waals surface area (Å²) in [7, 11) is 1.24. The molecule has 108 valence electrons. The highest BCUT2D eigenvalue weighted by molar-refractivity contribution is 6.32. The zero-order valence-corrected chi connectivity index (χ0v) is 11.6. The summed E-state index contributed by atoms with van der Waals surface area (Å²) >= 11 is 6.18. The molecule has 0 saturated carbocycles. The maximum absolute atomic E-state index is 11.5. The van der Waals surface area contributed by atoms with E-state index in [1.54, 1.807) is 12.1 Å². The molecule has 0 fully saturated rings. The van der Waals surface area contributed by atoms with E-state index in [0.29, 0.717) is 22.0 Å². The van der Waals surface area contributed by atoms with E-state index in [0.717, 1.165) is 0 Å². The lowest BCUT2D eigenvalue weighted by molar-refractivity contribution is -0.116. The Labute approximate surface area is 123 Å². The Balaban J connectivity index is 2.04. The van der Waals surface area contributed by atoms with Gasteiger partial charge in [-0.05, 0) is 12.1 Å². The van der Waals surface area contributed by atoms with Crippen LogP contribution < -0.4 is 11.1 Å². The molecule has 1 atom stereocenters. The molecule has 1 aliphatic heterocycles. The van der Waals surface area contributed by atoms with Gasteiger partial charge >= 0.3 is 5.97 Å². The minimum Gasteiger partial charge on any atom is -0.463 e. The van der Waals surface area contributed by atoms with E-state index in [1.807, 2.05) is 0 Å². The number of nitrogens with two attached hydrogens (primary N) is 1. The summed E-state index contributed by atoms with van der Waals surface area (Å²) in [6.07, 6.45) is 1.33. The van der Waals surface area contributed by atoms with Crippen molar-refractivity contribution >= 4 is 29.2 Å².